The Bertz CT molecular complexity index is 991. The molecule has 0 aliphatic rings. The molecule has 0 heterocycles. The summed E-state index contributed by atoms with van der Waals surface area (Å²) in [6.07, 6.45) is 0.673. The molecule has 0 bridgehead atoms. The van der Waals surface area contributed by atoms with Crippen LogP contribution in [0.15, 0.2) is 53.4 Å². The third kappa shape index (κ3) is 5.55. The van der Waals surface area contributed by atoms with E-state index in [2.05, 4.69) is 15.4 Å². The number of nitrogens with one attached hydrogen (secondary N) is 3. The highest BCUT2D eigenvalue weighted by Crippen LogP contribution is 2.18. The van der Waals surface area contributed by atoms with Crippen LogP contribution in [-0.4, -0.2) is 30.9 Å². The maximum atomic E-state index is 12.2. The molecule has 0 aliphatic carbocycles. The number of thiocarbonyl (C=S) groups is 1. The van der Waals surface area contributed by atoms with Gasteiger partial charge < -0.3 is 5.32 Å². The Morgan fingerprint density at radius 3 is 2.39 bits per heavy atom. The summed E-state index contributed by atoms with van der Waals surface area (Å²) in [6, 6.07) is 11.3. The average molecular weight is 422 g/mol. The van der Waals surface area contributed by atoms with Crippen LogP contribution in [0.5, 0.6) is 0 Å². The van der Waals surface area contributed by atoms with Crippen molar-refractivity contribution in [1.82, 2.24) is 10.0 Å². The summed E-state index contributed by atoms with van der Waals surface area (Å²) in [6.45, 7) is 2.19. The minimum absolute atomic E-state index is 0.0807. The molecular formula is C17H18N4O5S2. The molecular weight excluding hydrogens is 404 g/mol. The number of benzene rings is 2. The van der Waals surface area contributed by atoms with Crippen LogP contribution in [0.4, 0.5) is 11.4 Å². The van der Waals surface area contributed by atoms with Gasteiger partial charge in [0.05, 0.1) is 9.82 Å². The molecule has 0 fully saturated rings. The van der Waals surface area contributed by atoms with Gasteiger partial charge in [-0.2, -0.15) is 0 Å². The van der Waals surface area contributed by atoms with Gasteiger partial charge in [0.2, 0.25) is 10.0 Å². The Kier molecular flexibility index (Phi) is 7.15. The van der Waals surface area contributed by atoms with E-state index < -0.39 is 20.9 Å². The van der Waals surface area contributed by atoms with Crippen molar-refractivity contribution in [3.05, 3.63) is 64.2 Å². The van der Waals surface area contributed by atoms with Crippen LogP contribution in [0.2, 0.25) is 0 Å². The van der Waals surface area contributed by atoms with Crippen LogP contribution in [0.25, 0.3) is 0 Å². The molecule has 2 aromatic rings. The fraction of sp³-hybridized carbons (Fsp3) is 0.176. The minimum Gasteiger partial charge on any atom is -0.332 e. The Labute approximate surface area is 167 Å². The van der Waals surface area contributed by atoms with Crippen molar-refractivity contribution in [2.45, 2.75) is 18.2 Å². The molecule has 0 aromatic heterocycles. The van der Waals surface area contributed by atoms with E-state index in [-0.39, 0.29) is 21.3 Å². The standard InChI is InChI=1S/C17H18N4O5S2/c1-2-11-18-28(25,26)13-9-7-12(8-10-13)19-17(27)20-16(22)14-5-3-4-6-15(14)21(23)24/h3-10,18H,2,11H2,1H3,(H2,19,20,22,27). The maximum absolute atomic E-state index is 12.2. The number of amides is 1. The van der Waals surface area contributed by atoms with Gasteiger partial charge in [-0.05, 0) is 49.0 Å². The third-order valence-electron chi connectivity index (χ3n) is 3.54. The lowest BCUT2D eigenvalue weighted by atomic mass is 10.1. The van der Waals surface area contributed by atoms with Crippen molar-refractivity contribution in [2.75, 3.05) is 11.9 Å². The Hall–Kier alpha value is -2.89. The average Bonchev–Trinajstić information content (AvgIpc) is 2.66. The number of sulfonamides is 1. The molecule has 0 radical (unpaired) electrons. The van der Waals surface area contributed by atoms with E-state index in [0.29, 0.717) is 18.7 Å². The van der Waals surface area contributed by atoms with Gasteiger partial charge in [-0.15, -0.1) is 0 Å². The van der Waals surface area contributed by atoms with Gasteiger partial charge >= 0.3 is 0 Å². The number of carbonyl (C=O) groups excluding carboxylic acids is 1. The van der Waals surface area contributed by atoms with E-state index >= 15 is 0 Å². The maximum Gasteiger partial charge on any atom is 0.282 e. The van der Waals surface area contributed by atoms with Crippen LogP contribution in [-0.2, 0) is 10.0 Å². The molecule has 1 amide bonds. The normalized spacial score (nSPS) is 10.9. The summed E-state index contributed by atoms with van der Waals surface area (Å²) in [4.78, 5) is 22.7. The predicted octanol–water partition coefficient (Wildman–Crippen LogP) is 2.41. The zero-order valence-corrected chi connectivity index (χ0v) is 16.5. The number of hydrogen-bond donors (Lipinski definition) is 3. The second-order valence-corrected chi connectivity index (χ2v) is 7.78. The smallest absolute Gasteiger partial charge is 0.282 e. The summed E-state index contributed by atoms with van der Waals surface area (Å²) < 4.78 is 26.5. The Morgan fingerprint density at radius 1 is 1.14 bits per heavy atom. The summed E-state index contributed by atoms with van der Waals surface area (Å²) in [5, 5.41) is 16.0. The van der Waals surface area contributed by atoms with Crippen molar-refractivity contribution in [3.8, 4) is 0 Å². The SMILES string of the molecule is CCCNS(=O)(=O)c1ccc(NC(=S)NC(=O)c2ccccc2[N+](=O)[O-])cc1. The van der Waals surface area contributed by atoms with Gasteiger partial charge in [0.15, 0.2) is 5.11 Å². The van der Waals surface area contributed by atoms with Crippen molar-refractivity contribution < 1.29 is 18.1 Å². The van der Waals surface area contributed by atoms with Crippen LogP contribution >= 0.6 is 12.2 Å². The molecule has 3 N–H and O–H groups in total. The van der Waals surface area contributed by atoms with Crippen LogP contribution in [0.3, 0.4) is 0 Å². The van der Waals surface area contributed by atoms with Crippen LogP contribution < -0.4 is 15.4 Å². The largest absolute Gasteiger partial charge is 0.332 e. The van der Waals surface area contributed by atoms with Gasteiger partial charge in [-0.3, -0.25) is 20.2 Å². The summed E-state index contributed by atoms with van der Waals surface area (Å²) >= 11 is 5.04. The first-order valence-electron chi connectivity index (χ1n) is 8.20. The van der Waals surface area contributed by atoms with Gasteiger partial charge in [0.1, 0.15) is 5.56 Å². The summed E-state index contributed by atoms with van der Waals surface area (Å²) in [7, 11) is -3.58. The molecule has 148 valence electrons. The number of hydrogen-bond acceptors (Lipinski definition) is 6. The third-order valence-corrected chi connectivity index (χ3v) is 5.22. The fourth-order valence-corrected chi connectivity index (χ4v) is 3.54. The zero-order chi connectivity index (χ0) is 20.7. The molecule has 11 heteroatoms. The molecule has 0 unspecified atom stereocenters. The second kappa shape index (κ2) is 9.35. The summed E-state index contributed by atoms with van der Waals surface area (Å²) in [5.41, 5.74) is -0.0145. The Balaban J connectivity index is 2.04. The number of carbonyl (C=O) groups is 1. The monoisotopic (exact) mass is 422 g/mol. The molecule has 0 spiro atoms. The predicted molar refractivity (Wildman–Crippen MR) is 109 cm³/mol. The van der Waals surface area contributed by atoms with Gasteiger partial charge in [0, 0.05) is 18.3 Å². The fourth-order valence-electron chi connectivity index (χ4n) is 2.19. The first-order chi connectivity index (χ1) is 13.2. The second-order valence-electron chi connectivity index (χ2n) is 5.60. The van der Waals surface area contributed by atoms with E-state index in [9.17, 15) is 23.3 Å². The molecule has 0 saturated heterocycles. The lowest BCUT2D eigenvalue weighted by molar-refractivity contribution is -0.385. The first kappa shape index (κ1) is 21.4. The van der Waals surface area contributed by atoms with E-state index in [1.165, 1.54) is 48.5 Å². The molecule has 2 aromatic carbocycles. The lowest BCUT2D eigenvalue weighted by Crippen LogP contribution is -2.34. The van der Waals surface area contributed by atoms with Crippen molar-refractivity contribution in [2.24, 2.45) is 0 Å². The Morgan fingerprint density at radius 2 is 1.79 bits per heavy atom. The number of anilines is 1. The number of para-hydroxylation sites is 1. The number of nitro groups is 1. The van der Waals surface area contributed by atoms with E-state index in [1.807, 2.05) is 6.92 Å². The number of nitro benzene ring substituents is 1. The molecule has 0 atom stereocenters. The topological polar surface area (TPSA) is 130 Å². The van der Waals surface area contributed by atoms with E-state index in [4.69, 9.17) is 12.2 Å². The quantitative estimate of drug-likeness (QED) is 0.355. The van der Waals surface area contributed by atoms with Crippen LogP contribution in [0, 0.1) is 10.1 Å². The van der Waals surface area contributed by atoms with Crippen LogP contribution in [0.1, 0.15) is 23.7 Å². The molecule has 28 heavy (non-hydrogen) atoms. The number of nitrogens with zero attached hydrogens (tertiary/aromatic N) is 1. The minimum atomic E-state index is -3.58. The number of rotatable bonds is 7. The van der Waals surface area contributed by atoms with Crippen molar-refractivity contribution >= 4 is 44.6 Å². The molecule has 0 aliphatic heterocycles. The zero-order valence-electron chi connectivity index (χ0n) is 14.8. The highest BCUT2D eigenvalue weighted by molar-refractivity contribution is 7.89. The highest BCUT2D eigenvalue weighted by atomic mass is 32.2. The molecule has 2 rings (SSSR count). The lowest BCUT2D eigenvalue weighted by Gasteiger charge is -2.11. The van der Waals surface area contributed by atoms with Gasteiger partial charge in [-0.1, -0.05) is 19.1 Å². The summed E-state index contributed by atoms with van der Waals surface area (Å²) in [5.74, 6) is -0.729. The van der Waals surface area contributed by atoms with Gasteiger partial charge in [0.25, 0.3) is 11.6 Å². The van der Waals surface area contributed by atoms with Crippen molar-refractivity contribution in [3.63, 3.8) is 0 Å². The van der Waals surface area contributed by atoms with Gasteiger partial charge in [-0.25, -0.2) is 13.1 Å². The van der Waals surface area contributed by atoms with Crippen molar-refractivity contribution in [1.29, 1.82) is 0 Å². The molecule has 9 nitrogen and oxygen atoms in total. The highest BCUT2D eigenvalue weighted by Gasteiger charge is 2.20. The first-order valence-corrected chi connectivity index (χ1v) is 10.1. The van der Waals surface area contributed by atoms with E-state index in [1.54, 1.807) is 0 Å². The molecule has 0 saturated carbocycles. The van der Waals surface area contributed by atoms with E-state index in [0.717, 1.165) is 0 Å².